The molecule has 1 aliphatic rings. The van der Waals surface area contributed by atoms with Crippen LogP contribution in [0.4, 0.5) is 5.82 Å². The summed E-state index contributed by atoms with van der Waals surface area (Å²) in [5, 5.41) is 11.6. The first kappa shape index (κ1) is 12.4. The van der Waals surface area contributed by atoms with Crippen molar-refractivity contribution in [3.63, 3.8) is 0 Å². The van der Waals surface area contributed by atoms with Gasteiger partial charge in [-0.05, 0) is 25.8 Å². The van der Waals surface area contributed by atoms with Crippen LogP contribution >= 0.6 is 0 Å². The van der Waals surface area contributed by atoms with Crippen LogP contribution in [0.5, 0.6) is 0 Å². The van der Waals surface area contributed by atoms with Gasteiger partial charge < -0.3 is 10.6 Å². The van der Waals surface area contributed by atoms with Gasteiger partial charge in [0.2, 0.25) is 0 Å². The molecular weight excluding hydrogens is 238 g/mol. The second-order valence-corrected chi connectivity index (χ2v) is 5.61. The zero-order chi connectivity index (χ0) is 13.4. The van der Waals surface area contributed by atoms with Gasteiger partial charge in [0.15, 0.2) is 5.65 Å². The van der Waals surface area contributed by atoms with Gasteiger partial charge in [-0.15, -0.1) is 0 Å². The van der Waals surface area contributed by atoms with Gasteiger partial charge in [-0.3, -0.25) is 0 Å². The summed E-state index contributed by atoms with van der Waals surface area (Å²) in [7, 11) is 0. The molecule has 19 heavy (non-hydrogen) atoms. The molecule has 1 aliphatic heterocycles. The lowest BCUT2D eigenvalue weighted by molar-refractivity contribution is 0.756. The van der Waals surface area contributed by atoms with Crippen molar-refractivity contribution >= 4 is 11.5 Å². The summed E-state index contributed by atoms with van der Waals surface area (Å²) in [5.41, 5.74) is 3.04. The molecular formula is C14H21N5. The smallest absolute Gasteiger partial charge is 0.157 e. The van der Waals surface area contributed by atoms with E-state index >= 15 is 0 Å². The predicted octanol–water partition coefficient (Wildman–Crippen LogP) is 1.93. The minimum Gasteiger partial charge on any atom is -0.366 e. The highest BCUT2D eigenvalue weighted by Gasteiger charge is 2.17. The van der Waals surface area contributed by atoms with Crippen LogP contribution in [0.25, 0.3) is 5.65 Å². The Kier molecular flexibility index (Phi) is 3.14. The average molecular weight is 259 g/mol. The zero-order valence-corrected chi connectivity index (χ0v) is 11.8. The third-order valence-electron chi connectivity index (χ3n) is 3.58. The van der Waals surface area contributed by atoms with E-state index < -0.39 is 0 Å². The van der Waals surface area contributed by atoms with Crippen LogP contribution in [0.15, 0.2) is 12.1 Å². The van der Waals surface area contributed by atoms with Crippen molar-refractivity contribution in [3.05, 3.63) is 23.5 Å². The molecule has 3 heterocycles. The molecule has 2 N–H and O–H groups in total. The van der Waals surface area contributed by atoms with Crippen molar-refractivity contribution in [1.82, 2.24) is 19.9 Å². The van der Waals surface area contributed by atoms with Crippen LogP contribution in [0.3, 0.4) is 0 Å². The minimum absolute atomic E-state index is 0.419. The summed E-state index contributed by atoms with van der Waals surface area (Å²) >= 11 is 0. The van der Waals surface area contributed by atoms with Crippen LogP contribution in [-0.2, 0) is 0 Å². The maximum atomic E-state index is 4.67. The molecule has 0 spiro atoms. The molecule has 102 valence electrons. The summed E-state index contributed by atoms with van der Waals surface area (Å²) < 4.78 is 1.93. The fourth-order valence-electron chi connectivity index (χ4n) is 2.49. The van der Waals surface area contributed by atoms with E-state index in [0.29, 0.717) is 12.0 Å². The van der Waals surface area contributed by atoms with Gasteiger partial charge >= 0.3 is 0 Å². The minimum atomic E-state index is 0.419. The molecule has 0 bridgehead atoms. The largest absolute Gasteiger partial charge is 0.366 e. The van der Waals surface area contributed by atoms with Crippen molar-refractivity contribution in [1.29, 1.82) is 0 Å². The van der Waals surface area contributed by atoms with Gasteiger partial charge in [0, 0.05) is 30.4 Å². The number of nitrogens with zero attached hydrogens (tertiary/aromatic N) is 3. The van der Waals surface area contributed by atoms with Crippen LogP contribution in [-0.4, -0.2) is 33.7 Å². The zero-order valence-electron chi connectivity index (χ0n) is 11.8. The van der Waals surface area contributed by atoms with Crippen LogP contribution in [0.1, 0.15) is 37.6 Å². The number of fused-ring (bicyclic) bond motifs is 1. The Labute approximate surface area is 113 Å². The number of nitrogens with one attached hydrogen (secondary N) is 2. The summed E-state index contributed by atoms with van der Waals surface area (Å²) in [6, 6.07) is 4.63. The van der Waals surface area contributed by atoms with Crippen LogP contribution in [0.2, 0.25) is 0 Å². The molecule has 1 unspecified atom stereocenters. The van der Waals surface area contributed by atoms with E-state index in [1.807, 2.05) is 11.4 Å². The Morgan fingerprint density at radius 3 is 2.95 bits per heavy atom. The normalized spacial score (nSPS) is 19.5. The average Bonchev–Trinajstić information content (AvgIpc) is 2.97. The monoisotopic (exact) mass is 259 g/mol. The molecule has 1 fully saturated rings. The lowest BCUT2D eigenvalue weighted by atomic mass is 10.1. The summed E-state index contributed by atoms with van der Waals surface area (Å²) in [5.74, 6) is 1.46. The topological polar surface area (TPSA) is 54.2 Å². The fraction of sp³-hybridized carbons (Fsp3) is 0.571. The van der Waals surface area contributed by atoms with E-state index in [4.69, 9.17) is 0 Å². The first-order valence-electron chi connectivity index (χ1n) is 6.98. The van der Waals surface area contributed by atoms with Crippen molar-refractivity contribution in [2.75, 3.05) is 18.4 Å². The maximum Gasteiger partial charge on any atom is 0.157 e. The number of hydrogen-bond donors (Lipinski definition) is 2. The van der Waals surface area contributed by atoms with E-state index in [2.05, 4.69) is 46.7 Å². The fourth-order valence-corrected chi connectivity index (χ4v) is 2.49. The molecule has 0 aromatic carbocycles. The SMILES string of the molecule is Cc1cc(NC2CCNC2)n2nc(C(C)C)cc2n1. The van der Waals surface area contributed by atoms with Gasteiger partial charge in [0.25, 0.3) is 0 Å². The van der Waals surface area contributed by atoms with Gasteiger partial charge in [-0.2, -0.15) is 9.61 Å². The summed E-state index contributed by atoms with van der Waals surface area (Å²) in [4.78, 5) is 4.56. The standard InChI is InChI=1S/C14H21N5/c1-9(2)12-7-14-16-10(3)6-13(19(14)18-12)17-11-4-5-15-8-11/h6-7,9,11,15,17H,4-5,8H2,1-3H3. The number of hydrogen-bond acceptors (Lipinski definition) is 4. The highest BCUT2D eigenvalue weighted by molar-refractivity contribution is 5.51. The molecule has 0 amide bonds. The van der Waals surface area contributed by atoms with Crippen LogP contribution < -0.4 is 10.6 Å². The number of anilines is 1. The predicted molar refractivity (Wildman–Crippen MR) is 76.7 cm³/mol. The third-order valence-corrected chi connectivity index (χ3v) is 3.58. The first-order chi connectivity index (χ1) is 9.13. The van der Waals surface area contributed by atoms with E-state index in [9.17, 15) is 0 Å². The van der Waals surface area contributed by atoms with E-state index in [1.54, 1.807) is 0 Å². The molecule has 1 atom stereocenters. The summed E-state index contributed by atoms with van der Waals surface area (Å²) in [6.45, 7) is 8.44. The van der Waals surface area contributed by atoms with Gasteiger partial charge in [0.05, 0.1) is 5.69 Å². The lowest BCUT2D eigenvalue weighted by Gasteiger charge is -2.14. The quantitative estimate of drug-likeness (QED) is 0.884. The van der Waals surface area contributed by atoms with Crippen molar-refractivity contribution in [2.24, 2.45) is 0 Å². The maximum absolute atomic E-state index is 4.67. The molecule has 3 rings (SSSR count). The van der Waals surface area contributed by atoms with Gasteiger partial charge in [0.1, 0.15) is 5.82 Å². The van der Waals surface area contributed by atoms with E-state index in [1.165, 1.54) is 0 Å². The lowest BCUT2D eigenvalue weighted by Crippen LogP contribution is -2.23. The molecule has 2 aromatic rings. The Morgan fingerprint density at radius 2 is 2.26 bits per heavy atom. The summed E-state index contributed by atoms with van der Waals surface area (Å²) in [6.07, 6.45) is 1.15. The number of aromatic nitrogens is 3. The molecule has 5 nitrogen and oxygen atoms in total. The highest BCUT2D eigenvalue weighted by atomic mass is 15.3. The molecule has 1 saturated heterocycles. The van der Waals surface area contributed by atoms with Gasteiger partial charge in [-0.1, -0.05) is 13.8 Å². The second kappa shape index (κ2) is 4.81. The first-order valence-corrected chi connectivity index (χ1v) is 6.98. The van der Waals surface area contributed by atoms with Crippen molar-refractivity contribution in [2.45, 2.75) is 39.2 Å². The highest BCUT2D eigenvalue weighted by Crippen LogP contribution is 2.19. The van der Waals surface area contributed by atoms with Gasteiger partial charge in [-0.25, -0.2) is 4.98 Å². The molecule has 0 aliphatic carbocycles. The third kappa shape index (κ3) is 2.42. The number of rotatable bonds is 3. The Hall–Kier alpha value is -1.62. The molecule has 0 radical (unpaired) electrons. The Bertz CT molecular complexity index is 581. The Balaban J connectivity index is 2.00. The van der Waals surface area contributed by atoms with E-state index in [0.717, 1.165) is 42.4 Å². The molecule has 5 heteroatoms. The van der Waals surface area contributed by atoms with Crippen LogP contribution in [0, 0.1) is 6.92 Å². The second-order valence-electron chi connectivity index (χ2n) is 5.61. The van der Waals surface area contributed by atoms with E-state index in [-0.39, 0.29) is 0 Å². The van der Waals surface area contributed by atoms with Crippen molar-refractivity contribution in [3.8, 4) is 0 Å². The Morgan fingerprint density at radius 1 is 1.42 bits per heavy atom. The number of aryl methyl sites for hydroxylation is 1. The molecule has 0 saturated carbocycles. The van der Waals surface area contributed by atoms with Crippen molar-refractivity contribution < 1.29 is 0 Å². The molecule has 2 aromatic heterocycles.